The van der Waals surface area contributed by atoms with Gasteiger partial charge in [-0.1, -0.05) is 30.3 Å². The average molecular weight is 318 g/mol. The van der Waals surface area contributed by atoms with Crippen LogP contribution >= 0.6 is 0 Å². The van der Waals surface area contributed by atoms with Crippen molar-refractivity contribution in [3.63, 3.8) is 0 Å². The van der Waals surface area contributed by atoms with Gasteiger partial charge in [-0.05, 0) is 37.8 Å². The van der Waals surface area contributed by atoms with Gasteiger partial charge in [-0.15, -0.1) is 0 Å². The molecule has 0 spiro atoms. The van der Waals surface area contributed by atoms with Crippen LogP contribution in [0.3, 0.4) is 0 Å². The van der Waals surface area contributed by atoms with E-state index in [1.807, 2.05) is 18.2 Å². The number of hydrogen-bond acceptors (Lipinski definition) is 4. The van der Waals surface area contributed by atoms with Gasteiger partial charge in [-0.3, -0.25) is 14.5 Å². The van der Waals surface area contributed by atoms with E-state index in [0.717, 1.165) is 38.8 Å². The molecule has 0 radical (unpaired) electrons. The van der Waals surface area contributed by atoms with Crippen LogP contribution in [0.5, 0.6) is 0 Å². The number of likely N-dealkylation sites (tertiary alicyclic amines) is 1. The van der Waals surface area contributed by atoms with Crippen molar-refractivity contribution >= 4 is 11.9 Å². The summed E-state index contributed by atoms with van der Waals surface area (Å²) < 4.78 is 4.60. The summed E-state index contributed by atoms with van der Waals surface area (Å²) >= 11 is 0. The molecule has 1 atom stereocenters. The van der Waals surface area contributed by atoms with Crippen LogP contribution in [-0.4, -0.2) is 43.0 Å². The first-order valence-electron chi connectivity index (χ1n) is 8.33. The van der Waals surface area contributed by atoms with E-state index in [0.29, 0.717) is 13.0 Å². The smallest absolute Gasteiger partial charge is 0.305 e. The summed E-state index contributed by atoms with van der Waals surface area (Å²) in [5.41, 5.74) is 1.24. The van der Waals surface area contributed by atoms with E-state index < -0.39 is 0 Å². The summed E-state index contributed by atoms with van der Waals surface area (Å²) in [6.45, 7) is 2.40. The second-order valence-electron chi connectivity index (χ2n) is 5.94. The van der Waals surface area contributed by atoms with E-state index in [1.54, 1.807) is 0 Å². The molecule has 1 aliphatic rings. The zero-order chi connectivity index (χ0) is 16.5. The lowest BCUT2D eigenvalue weighted by Crippen LogP contribution is -2.43. The highest BCUT2D eigenvalue weighted by molar-refractivity contribution is 5.82. The van der Waals surface area contributed by atoms with Crippen LogP contribution in [0.4, 0.5) is 0 Å². The van der Waals surface area contributed by atoms with E-state index in [2.05, 4.69) is 27.1 Å². The predicted octanol–water partition coefficient (Wildman–Crippen LogP) is 2.11. The summed E-state index contributed by atoms with van der Waals surface area (Å²) in [5.74, 6) is -0.0855. The summed E-state index contributed by atoms with van der Waals surface area (Å²) in [6, 6.07) is 10.2. The number of nitrogens with one attached hydrogen (secondary N) is 1. The highest BCUT2D eigenvalue weighted by Gasteiger charge is 2.30. The van der Waals surface area contributed by atoms with Crippen molar-refractivity contribution in [1.82, 2.24) is 10.2 Å². The molecular weight excluding hydrogens is 292 g/mol. The Morgan fingerprint density at radius 1 is 1.26 bits per heavy atom. The fourth-order valence-electron chi connectivity index (χ4n) is 2.96. The molecule has 0 bridgehead atoms. The summed E-state index contributed by atoms with van der Waals surface area (Å²) in [4.78, 5) is 25.6. The lowest BCUT2D eigenvalue weighted by atomic mass is 10.1. The second-order valence-corrected chi connectivity index (χ2v) is 5.94. The predicted molar refractivity (Wildman–Crippen MR) is 88.8 cm³/mol. The van der Waals surface area contributed by atoms with E-state index in [4.69, 9.17) is 0 Å². The van der Waals surface area contributed by atoms with Gasteiger partial charge in [0.25, 0.3) is 0 Å². The molecule has 1 amide bonds. The van der Waals surface area contributed by atoms with Gasteiger partial charge in [0.05, 0.1) is 13.2 Å². The number of unbranched alkanes of at least 4 members (excludes halogenated alkanes) is 1. The lowest BCUT2D eigenvalue weighted by Gasteiger charge is -2.23. The lowest BCUT2D eigenvalue weighted by molar-refractivity contribution is -0.140. The molecule has 23 heavy (non-hydrogen) atoms. The normalized spacial score (nSPS) is 17.9. The highest BCUT2D eigenvalue weighted by atomic mass is 16.5. The maximum absolute atomic E-state index is 12.4. The van der Waals surface area contributed by atoms with Gasteiger partial charge in [-0.2, -0.15) is 0 Å². The molecule has 126 valence electrons. The molecule has 1 aliphatic heterocycles. The Bertz CT molecular complexity index is 504. The van der Waals surface area contributed by atoms with Crippen molar-refractivity contribution < 1.29 is 14.3 Å². The Balaban J connectivity index is 1.71. The van der Waals surface area contributed by atoms with Gasteiger partial charge in [0, 0.05) is 19.5 Å². The van der Waals surface area contributed by atoms with E-state index in [1.165, 1.54) is 12.7 Å². The van der Waals surface area contributed by atoms with Crippen molar-refractivity contribution in [3.05, 3.63) is 35.9 Å². The largest absolute Gasteiger partial charge is 0.469 e. The monoisotopic (exact) mass is 318 g/mol. The van der Waals surface area contributed by atoms with Crippen molar-refractivity contribution in [2.75, 3.05) is 20.2 Å². The van der Waals surface area contributed by atoms with Crippen molar-refractivity contribution in [2.45, 2.75) is 44.7 Å². The van der Waals surface area contributed by atoms with Gasteiger partial charge < -0.3 is 10.1 Å². The quantitative estimate of drug-likeness (QED) is 0.589. The van der Waals surface area contributed by atoms with Crippen LogP contribution in [0.25, 0.3) is 0 Å². The third-order valence-corrected chi connectivity index (χ3v) is 4.23. The number of benzene rings is 1. The van der Waals surface area contributed by atoms with E-state index >= 15 is 0 Å². The van der Waals surface area contributed by atoms with Crippen LogP contribution in [0.15, 0.2) is 30.3 Å². The maximum Gasteiger partial charge on any atom is 0.305 e. The summed E-state index contributed by atoms with van der Waals surface area (Å²) in [6.07, 6.45) is 3.93. The molecule has 1 heterocycles. The first-order chi connectivity index (χ1) is 11.2. The van der Waals surface area contributed by atoms with Gasteiger partial charge in [0.2, 0.25) is 5.91 Å². The minimum atomic E-state index is -0.193. The molecule has 1 saturated heterocycles. The summed E-state index contributed by atoms with van der Waals surface area (Å²) in [5, 5.41) is 3.00. The minimum absolute atomic E-state index is 0.0317. The molecule has 2 rings (SSSR count). The fourth-order valence-corrected chi connectivity index (χ4v) is 2.96. The number of rotatable bonds is 8. The third-order valence-electron chi connectivity index (χ3n) is 4.23. The van der Waals surface area contributed by atoms with Gasteiger partial charge in [0.15, 0.2) is 0 Å². The average Bonchev–Trinajstić information content (AvgIpc) is 3.03. The number of carbonyl (C=O) groups is 2. The van der Waals surface area contributed by atoms with Gasteiger partial charge in [-0.25, -0.2) is 0 Å². The molecule has 0 aliphatic carbocycles. The molecule has 5 nitrogen and oxygen atoms in total. The van der Waals surface area contributed by atoms with E-state index in [-0.39, 0.29) is 17.9 Å². The topological polar surface area (TPSA) is 58.6 Å². The second kappa shape index (κ2) is 9.30. The molecule has 0 aromatic heterocycles. The van der Waals surface area contributed by atoms with Crippen LogP contribution in [0.1, 0.15) is 37.7 Å². The van der Waals surface area contributed by atoms with Gasteiger partial charge >= 0.3 is 5.97 Å². The number of hydrogen-bond donors (Lipinski definition) is 1. The number of methoxy groups -OCH3 is 1. The van der Waals surface area contributed by atoms with Crippen LogP contribution in [0, 0.1) is 0 Å². The number of carbonyl (C=O) groups excluding carboxylic acids is 2. The van der Waals surface area contributed by atoms with Crippen molar-refractivity contribution in [2.24, 2.45) is 0 Å². The number of nitrogens with zero attached hydrogens (tertiary/aromatic N) is 1. The van der Waals surface area contributed by atoms with E-state index in [9.17, 15) is 9.59 Å². The van der Waals surface area contributed by atoms with Crippen LogP contribution in [-0.2, 0) is 20.9 Å². The third kappa shape index (κ3) is 5.67. The maximum atomic E-state index is 12.4. The van der Waals surface area contributed by atoms with Crippen LogP contribution < -0.4 is 5.32 Å². The van der Waals surface area contributed by atoms with Crippen molar-refractivity contribution in [1.29, 1.82) is 0 Å². The molecular formula is C18H26N2O3. The molecule has 1 fully saturated rings. The highest BCUT2D eigenvalue weighted by Crippen LogP contribution is 2.20. The molecule has 1 unspecified atom stereocenters. The molecule has 0 saturated carbocycles. The number of amides is 1. The van der Waals surface area contributed by atoms with Crippen LogP contribution in [0.2, 0.25) is 0 Å². The minimum Gasteiger partial charge on any atom is -0.469 e. The Kier molecular flexibility index (Phi) is 7.07. The van der Waals surface area contributed by atoms with Crippen molar-refractivity contribution in [3.8, 4) is 0 Å². The summed E-state index contributed by atoms with van der Waals surface area (Å²) in [7, 11) is 1.39. The SMILES string of the molecule is COC(=O)CCCCNC(=O)C1CCCN1Cc1ccccc1. The first kappa shape index (κ1) is 17.5. The zero-order valence-electron chi connectivity index (χ0n) is 13.8. The standard InChI is InChI=1S/C18H26N2O3/c1-23-17(21)11-5-6-12-19-18(22)16-10-7-13-20(16)14-15-8-3-2-4-9-15/h2-4,8-9,16H,5-7,10-14H2,1H3,(H,19,22). The Hall–Kier alpha value is -1.88. The fraction of sp³-hybridized carbons (Fsp3) is 0.556. The number of esters is 1. The first-order valence-corrected chi connectivity index (χ1v) is 8.33. The number of ether oxygens (including phenoxy) is 1. The molecule has 1 aromatic rings. The molecule has 5 heteroatoms. The Morgan fingerprint density at radius 3 is 2.78 bits per heavy atom. The molecule has 1 aromatic carbocycles. The molecule has 1 N–H and O–H groups in total. The Morgan fingerprint density at radius 2 is 2.04 bits per heavy atom. The Labute approximate surface area is 138 Å². The zero-order valence-corrected chi connectivity index (χ0v) is 13.8. The van der Waals surface area contributed by atoms with Gasteiger partial charge in [0.1, 0.15) is 0 Å².